The molecular formula is C17H19BrN2O3. The van der Waals surface area contributed by atoms with Crippen molar-refractivity contribution in [2.24, 2.45) is 0 Å². The van der Waals surface area contributed by atoms with Gasteiger partial charge in [0.1, 0.15) is 0 Å². The summed E-state index contributed by atoms with van der Waals surface area (Å²) < 4.78 is 5.86. The van der Waals surface area contributed by atoms with Gasteiger partial charge in [0.15, 0.2) is 0 Å². The van der Waals surface area contributed by atoms with Crippen LogP contribution in [0.25, 0.3) is 10.9 Å². The second kappa shape index (κ2) is 8.06. The fourth-order valence-corrected chi connectivity index (χ4v) is 2.54. The van der Waals surface area contributed by atoms with Gasteiger partial charge in [-0.05, 0) is 37.6 Å². The number of carbonyl (C=O) groups excluding carboxylic acids is 2. The van der Waals surface area contributed by atoms with Crippen molar-refractivity contribution in [1.82, 2.24) is 10.3 Å². The topological polar surface area (TPSA) is 68.3 Å². The van der Waals surface area contributed by atoms with Crippen molar-refractivity contribution >= 4 is 38.7 Å². The van der Waals surface area contributed by atoms with Crippen molar-refractivity contribution in [2.45, 2.75) is 26.7 Å². The van der Waals surface area contributed by atoms with Crippen molar-refractivity contribution in [3.05, 3.63) is 40.0 Å². The summed E-state index contributed by atoms with van der Waals surface area (Å²) in [6.07, 6.45) is 0.951. The third-order valence-electron chi connectivity index (χ3n) is 3.23. The number of hydrogen-bond donors (Lipinski definition) is 1. The summed E-state index contributed by atoms with van der Waals surface area (Å²) in [4.78, 5) is 28.3. The summed E-state index contributed by atoms with van der Waals surface area (Å²) in [7, 11) is 0. The van der Waals surface area contributed by atoms with Crippen LogP contribution in [0, 0.1) is 6.92 Å². The molecule has 1 amide bonds. The molecule has 2 aromatic rings. The Morgan fingerprint density at radius 1 is 1.30 bits per heavy atom. The average Bonchev–Trinajstić information content (AvgIpc) is 2.52. The molecule has 0 bridgehead atoms. The molecule has 0 atom stereocenters. The lowest BCUT2D eigenvalue weighted by atomic mass is 10.1. The highest BCUT2D eigenvalue weighted by molar-refractivity contribution is 9.10. The van der Waals surface area contributed by atoms with Crippen LogP contribution in [0.4, 0.5) is 0 Å². The van der Waals surface area contributed by atoms with E-state index in [0.717, 1.165) is 27.5 Å². The first-order valence-electron chi connectivity index (χ1n) is 7.52. The van der Waals surface area contributed by atoms with Crippen molar-refractivity contribution in [1.29, 1.82) is 0 Å². The van der Waals surface area contributed by atoms with Crippen LogP contribution in [-0.4, -0.2) is 30.0 Å². The number of benzene rings is 1. The Morgan fingerprint density at radius 2 is 2.09 bits per heavy atom. The monoisotopic (exact) mass is 378 g/mol. The molecule has 0 fully saturated rings. The quantitative estimate of drug-likeness (QED) is 0.782. The van der Waals surface area contributed by atoms with Crippen LogP contribution in [0.1, 0.15) is 35.8 Å². The lowest BCUT2D eigenvalue weighted by molar-refractivity contribution is -0.143. The minimum absolute atomic E-state index is 0.164. The Labute approximate surface area is 143 Å². The average molecular weight is 379 g/mol. The lowest BCUT2D eigenvalue weighted by Gasteiger charge is -2.09. The minimum Gasteiger partial charge on any atom is -0.466 e. The number of nitrogens with zero attached hydrogens (tertiary/aromatic N) is 1. The summed E-state index contributed by atoms with van der Waals surface area (Å²) in [6.45, 7) is 4.44. The summed E-state index contributed by atoms with van der Waals surface area (Å²) in [5.74, 6) is -0.521. The summed E-state index contributed by atoms with van der Waals surface area (Å²) >= 11 is 3.41. The molecule has 5 nitrogen and oxygen atoms in total. The molecule has 0 radical (unpaired) electrons. The first-order chi connectivity index (χ1) is 11.0. The minimum atomic E-state index is -0.300. The van der Waals surface area contributed by atoms with Gasteiger partial charge in [-0.2, -0.15) is 0 Å². The van der Waals surface area contributed by atoms with E-state index in [4.69, 9.17) is 4.74 Å². The van der Waals surface area contributed by atoms with Gasteiger partial charge in [0.25, 0.3) is 5.91 Å². The maximum absolute atomic E-state index is 12.4. The number of carbonyl (C=O) groups is 2. The molecule has 122 valence electrons. The number of ether oxygens (including phenoxy) is 1. The highest BCUT2D eigenvalue weighted by Gasteiger charge is 2.13. The van der Waals surface area contributed by atoms with E-state index in [0.29, 0.717) is 12.2 Å². The fraction of sp³-hybridized carbons (Fsp3) is 0.353. The third kappa shape index (κ3) is 4.76. The number of aryl methyl sites for hydroxylation is 1. The Bertz CT molecular complexity index is 731. The summed E-state index contributed by atoms with van der Waals surface area (Å²) in [5.41, 5.74) is 2.09. The van der Waals surface area contributed by atoms with Crippen LogP contribution in [-0.2, 0) is 9.53 Å². The highest BCUT2D eigenvalue weighted by Crippen LogP contribution is 2.22. The molecule has 0 saturated heterocycles. The molecule has 1 N–H and O–H groups in total. The van der Waals surface area contributed by atoms with E-state index in [1.807, 2.05) is 32.0 Å². The number of hydrogen-bond acceptors (Lipinski definition) is 4. The highest BCUT2D eigenvalue weighted by atomic mass is 79.9. The van der Waals surface area contributed by atoms with E-state index >= 15 is 0 Å². The van der Waals surface area contributed by atoms with E-state index in [1.165, 1.54) is 0 Å². The van der Waals surface area contributed by atoms with Gasteiger partial charge in [0.2, 0.25) is 0 Å². The van der Waals surface area contributed by atoms with E-state index in [9.17, 15) is 9.59 Å². The van der Waals surface area contributed by atoms with Gasteiger partial charge in [-0.3, -0.25) is 14.6 Å². The third-order valence-corrected chi connectivity index (χ3v) is 3.72. The zero-order valence-corrected chi connectivity index (χ0v) is 14.8. The predicted octanol–water partition coefficient (Wildman–Crippen LogP) is 3.38. The number of halogens is 1. The van der Waals surface area contributed by atoms with Gasteiger partial charge in [-0.15, -0.1) is 0 Å². The Kier molecular flexibility index (Phi) is 6.10. The summed E-state index contributed by atoms with van der Waals surface area (Å²) in [5, 5.41) is 3.54. The smallest absolute Gasteiger partial charge is 0.307 e. The molecule has 0 spiro atoms. The number of fused-ring (bicyclic) bond motifs is 1. The molecule has 2 rings (SSSR count). The molecule has 1 aromatic carbocycles. The fourth-order valence-electron chi connectivity index (χ4n) is 2.18. The number of aromatic nitrogens is 1. The predicted molar refractivity (Wildman–Crippen MR) is 92.4 cm³/mol. The van der Waals surface area contributed by atoms with E-state index < -0.39 is 0 Å². The molecule has 0 aliphatic heterocycles. The van der Waals surface area contributed by atoms with Gasteiger partial charge in [-0.1, -0.05) is 22.9 Å². The van der Waals surface area contributed by atoms with Gasteiger partial charge in [0, 0.05) is 22.1 Å². The van der Waals surface area contributed by atoms with E-state index in [2.05, 4.69) is 26.2 Å². The van der Waals surface area contributed by atoms with Crippen LogP contribution < -0.4 is 5.32 Å². The normalized spacial score (nSPS) is 10.6. The van der Waals surface area contributed by atoms with Crippen LogP contribution in [0.2, 0.25) is 0 Å². The number of pyridine rings is 1. The standard InChI is InChI=1S/C17H19BrN2O3/c1-3-8-23-16(21)6-7-19-17(22)14-9-11(2)20-15-5-4-12(18)10-13(14)15/h4-5,9-10H,3,6-8H2,1-2H3,(H,19,22). The van der Waals surface area contributed by atoms with Crippen molar-refractivity contribution < 1.29 is 14.3 Å². The van der Waals surface area contributed by atoms with E-state index in [-0.39, 0.29) is 24.8 Å². The number of rotatable bonds is 6. The van der Waals surface area contributed by atoms with Crippen LogP contribution in [0.15, 0.2) is 28.7 Å². The molecule has 0 aliphatic rings. The molecule has 0 saturated carbocycles. The van der Waals surface area contributed by atoms with Crippen LogP contribution >= 0.6 is 15.9 Å². The first kappa shape index (κ1) is 17.4. The largest absolute Gasteiger partial charge is 0.466 e. The molecule has 23 heavy (non-hydrogen) atoms. The van der Waals surface area contributed by atoms with Gasteiger partial charge < -0.3 is 10.1 Å². The van der Waals surface area contributed by atoms with Crippen molar-refractivity contribution in [2.75, 3.05) is 13.2 Å². The van der Waals surface area contributed by atoms with Crippen LogP contribution in [0.3, 0.4) is 0 Å². The van der Waals surface area contributed by atoms with Crippen LogP contribution in [0.5, 0.6) is 0 Å². The number of amides is 1. The second-order valence-corrected chi connectivity index (χ2v) is 6.11. The molecule has 6 heteroatoms. The molecule has 0 unspecified atom stereocenters. The maximum Gasteiger partial charge on any atom is 0.307 e. The Hall–Kier alpha value is -1.95. The maximum atomic E-state index is 12.4. The molecule has 1 heterocycles. The second-order valence-electron chi connectivity index (χ2n) is 5.20. The summed E-state index contributed by atoms with van der Waals surface area (Å²) in [6, 6.07) is 7.37. The first-order valence-corrected chi connectivity index (χ1v) is 8.31. The van der Waals surface area contributed by atoms with Gasteiger partial charge >= 0.3 is 5.97 Å². The zero-order chi connectivity index (χ0) is 16.8. The molecule has 0 aliphatic carbocycles. The Morgan fingerprint density at radius 3 is 2.83 bits per heavy atom. The zero-order valence-electron chi connectivity index (χ0n) is 13.2. The van der Waals surface area contributed by atoms with E-state index in [1.54, 1.807) is 6.07 Å². The van der Waals surface area contributed by atoms with Crippen molar-refractivity contribution in [3.8, 4) is 0 Å². The lowest BCUT2D eigenvalue weighted by Crippen LogP contribution is -2.27. The van der Waals surface area contributed by atoms with Crippen molar-refractivity contribution in [3.63, 3.8) is 0 Å². The molecule has 1 aromatic heterocycles. The number of esters is 1. The Balaban J connectivity index is 2.09. The SMILES string of the molecule is CCCOC(=O)CCNC(=O)c1cc(C)nc2ccc(Br)cc12. The van der Waals surface area contributed by atoms with Gasteiger partial charge in [0.05, 0.1) is 24.1 Å². The molecular weight excluding hydrogens is 360 g/mol. The van der Waals surface area contributed by atoms with Gasteiger partial charge in [-0.25, -0.2) is 0 Å². The number of nitrogens with one attached hydrogen (secondary N) is 1.